The van der Waals surface area contributed by atoms with E-state index in [1.54, 1.807) is 6.92 Å². The van der Waals surface area contributed by atoms with Gasteiger partial charge in [-0.3, -0.25) is 9.48 Å². The molecule has 0 atom stereocenters. The lowest BCUT2D eigenvalue weighted by Crippen LogP contribution is -2.58. The second-order valence-electron chi connectivity index (χ2n) is 9.55. The fraction of sp³-hybridized carbons (Fsp3) is 0.560. The fourth-order valence-corrected chi connectivity index (χ4v) is 4.49. The summed E-state index contributed by atoms with van der Waals surface area (Å²) in [5.74, 6) is 0.680. The molecule has 3 heterocycles. The maximum absolute atomic E-state index is 11.1. The molecule has 1 aromatic carbocycles. The average Bonchev–Trinajstić information content (AvgIpc) is 3.23. The number of nitrogens with zero attached hydrogens (tertiary/aromatic N) is 5. The number of rotatable bonds is 10. The Morgan fingerprint density at radius 3 is 2.73 bits per heavy atom. The number of likely N-dealkylation sites (N-methyl/N-ethyl adjacent to an activating group) is 1. The van der Waals surface area contributed by atoms with Crippen LogP contribution < -0.4 is 10.6 Å². The number of nitrogens with two attached hydrogens (primary N) is 1. The fourth-order valence-electron chi connectivity index (χ4n) is 4.49. The molecule has 0 spiro atoms. The van der Waals surface area contributed by atoms with Crippen LogP contribution in [0.4, 0.5) is 11.5 Å². The van der Waals surface area contributed by atoms with Gasteiger partial charge in [0.2, 0.25) is 0 Å². The third-order valence-electron chi connectivity index (χ3n) is 6.81. The molecule has 0 radical (unpaired) electrons. The quantitative estimate of drug-likeness (QED) is 0.375. The predicted molar refractivity (Wildman–Crippen MR) is 133 cm³/mol. The number of aryl methyl sites for hydroxylation is 1. The zero-order chi connectivity index (χ0) is 23.4. The van der Waals surface area contributed by atoms with E-state index in [4.69, 9.17) is 15.6 Å². The Balaban J connectivity index is 1.45. The maximum Gasteiger partial charge on any atom is 0.152 e. The number of unbranched alkanes of at least 4 members (excludes halogenated alkanes) is 1. The first-order valence-corrected chi connectivity index (χ1v) is 12.1. The van der Waals surface area contributed by atoms with Gasteiger partial charge < -0.3 is 19.9 Å². The number of hydrogen-bond donors (Lipinski definition) is 1. The zero-order valence-corrected chi connectivity index (χ0v) is 20.2. The van der Waals surface area contributed by atoms with Crippen molar-refractivity contribution in [1.82, 2.24) is 14.8 Å². The minimum Gasteiger partial charge on any atom is -0.382 e. The number of benzene rings is 1. The Labute approximate surface area is 195 Å². The monoisotopic (exact) mass is 453 g/mol. The molecule has 0 bridgehead atoms. The Bertz CT molecular complexity index is 1120. The number of Topliss-reactive ketones (excluding diaryl/α,β-unsaturated/α-hetero) is 1. The molecule has 2 N–H and O–H groups in total. The lowest BCUT2D eigenvalue weighted by Gasteiger charge is -2.42. The summed E-state index contributed by atoms with van der Waals surface area (Å²) in [5, 5.41) is 6.89. The number of aromatic nitrogens is 3. The molecule has 1 aliphatic heterocycles. The molecule has 1 fully saturated rings. The highest BCUT2D eigenvalue weighted by Crippen LogP contribution is 2.31. The summed E-state index contributed by atoms with van der Waals surface area (Å²) in [6.45, 7) is 11.0. The molecule has 2 aromatic heterocycles. The molecule has 1 saturated heterocycles. The Morgan fingerprint density at radius 1 is 1.21 bits per heavy atom. The highest BCUT2D eigenvalue weighted by Gasteiger charge is 2.28. The van der Waals surface area contributed by atoms with E-state index >= 15 is 0 Å². The van der Waals surface area contributed by atoms with Crippen molar-refractivity contribution >= 4 is 39.1 Å². The Morgan fingerprint density at radius 2 is 2.00 bits per heavy atom. The number of ether oxygens (including phenoxy) is 1. The van der Waals surface area contributed by atoms with Crippen molar-refractivity contribution in [3.05, 3.63) is 24.4 Å². The van der Waals surface area contributed by atoms with Crippen molar-refractivity contribution in [2.75, 3.05) is 63.6 Å². The van der Waals surface area contributed by atoms with E-state index in [1.165, 1.54) is 5.69 Å². The van der Waals surface area contributed by atoms with E-state index in [2.05, 4.69) is 48.3 Å². The molecule has 1 aliphatic rings. The molecule has 0 saturated carbocycles. The first kappa shape index (κ1) is 23.4. The van der Waals surface area contributed by atoms with Crippen molar-refractivity contribution in [3.63, 3.8) is 0 Å². The van der Waals surface area contributed by atoms with Crippen molar-refractivity contribution < 1.29 is 14.0 Å². The van der Waals surface area contributed by atoms with Crippen molar-refractivity contribution in [3.8, 4) is 0 Å². The second-order valence-corrected chi connectivity index (χ2v) is 9.55. The summed E-state index contributed by atoms with van der Waals surface area (Å²) in [5.41, 5.74) is 9.16. The van der Waals surface area contributed by atoms with Gasteiger partial charge in [0.1, 0.15) is 17.8 Å². The molecule has 8 nitrogen and oxygen atoms in total. The van der Waals surface area contributed by atoms with Crippen LogP contribution in [0.3, 0.4) is 0 Å². The van der Waals surface area contributed by atoms with Gasteiger partial charge in [-0.25, -0.2) is 4.98 Å². The minimum atomic E-state index is 0.183. The molecular weight excluding hydrogens is 416 g/mol. The smallest absolute Gasteiger partial charge is 0.152 e. The number of fused-ring (bicyclic) bond motifs is 3. The highest BCUT2D eigenvalue weighted by molar-refractivity contribution is 6.08. The number of piperazine rings is 1. The summed E-state index contributed by atoms with van der Waals surface area (Å²) >= 11 is 0. The third kappa shape index (κ3) is 5.45. The lowest BCUT2D eigenvalue weighted by atomic mass is 10.1. The Hall–Kier alpha value is -2.71. The van der Waals surface area contributed by atoms with E-state index in [0.717, 1.165) is 78.4 Å². The Kier molecular flexibility index (Phi) is 7.14. The van der Waals surface area contributed by atoms with Crippen molar-refractivity contribution in [2.45, 2.75) is 39.7 Å². The van der Waals surface area contributed by atoms with Crippen LogP contribution in [0.5, 0.6) is 0 Å². The number of pyridine rings is 1. The van der Waals surface area contributed by atoms with Gasteiger partial charge in [-0.2, -0.15) is 5.10 Å². The van der Waals surface area contributed by atoms with Gasteiger partial charge in [0.25, 0.3) is 0 Å². The van der Waals surface area contributed by atoms with Crippen LogP contribution in [0.15, 0.2) is 24.4 Å². The molecule has 0 unspecified atom stereocenters. The number of carbonyl (C=O) groups is 1. The summed E-state index contributed by atoms with van der Waals surface area (Å²) in [6, 6.07) is 6.48. The average molecular weight is 454 g/mol. The minimum absolute atomic E-state index is 0.183. The van der Waals surface area contributed by atoms with Crippen molar-refractivity contribution in [1.29, 1.82) is 0 Å². The van der Waals surface area contributed by atoms with E-state index in [9.17, 15) is 4.79 Å². The van der Waals surface area contributed by atoms with Gasteiger partial charge in [0.05, 0.1) is 52.0 Å². The highest BCUT2D eigenvalue weighted by atomic mass is 16.5. The summed E-state index contributed by atoms with van der Waals surface area (Å²) < 4.78 is 8.67. The first-order valence-electron chi connectivity index (χ1n) is 12.1. The van der Waals surface area contributed by atoms with E-state index in [-0.39, 0.29) is 5.78 Å². The van der Waals surface area contributed by atoms with Gasteiger partial charge in [-0.1, -0.05) is 13.3 Å². The molecule has 178 valence electrons. The first-order chi connectivity index (χ1) is 15.9. The number of anilines is 2. The molecule has 3 aromatic rings. The molecule has 0 aliphatic carbocycles. The van der Waals surface area contributed by atoms with E-state index < -0.39 is 0 Å². The maximum atomic E-state index is 11.1. The van der Waals surface area contributed by atoms with Gasteiger partial charge in [0.15, 0.2) is 5.82 Å². The van der Waals surface area contributed by atoms with Gasteiger partial charge in [-0.15, -0.1) is 0 Å². The number of nitrogen functional groups attached to an aromatic ring is 1. The topological polar surface area (TPSA) is 86.3 Å². The van der Waals surface area contributed by atoms with E-state index in [1.807, 2.05) is 4.68 Å². The van der Waals surface area contributed by atoms with Gasteiger partial charge >= 0.3 is 0 Å². The number of hydrogen-bond acceptors (Lipinski definition) is 6. The molecule has 33 heavy (non-hydrogen) atoms. The number of carbonyl (C=O) groups excluding carboxylic acids is 1. The number of ketones is 1. The molecule has 8 heteroatoms. The van der Waals surface area contributed by atoms with Crippen LogP contribution in [0.1, 0.15) is 33.1 Å². The van der Waals surface area contributed by atoms with Crippen LogP contribution in [-0.2, 0) is 16.1 Å². The molecular formula is C25H37N6O2+. The second kappa shape index (κ2) is 10.1. The molecule has 0 amide bonds. The van der Waals surface area contributed by atoms with Crippen LogP contribution in [0, 0.1) is 0 Å². The third-order valence-corrected chi connectivity index (χ3v) is 6.81. The zero-order valence-electron chi connectivity index (χ0n) is 20.2. The van der Waals surface area contributed by atoms with Crippen molar-refractivity contribution in [2.24, 2.45) is 0 Å². The normalized spacial score (nSPS) is 16.0. The van der Waals surface area contributed by atoms with Crippen LogP contribution in [0.2, 0.25) is 0 Å². The predicted octanol–water partition coefficient (Wildman–Crippen LogP) is 3.23. The standard InChI is InChI=1S/C25H37N6O2/c1-4-5-9-30-18-22-21-17-20(6-7-23(21)27-25(26)24(22)28-30)29-10-12-31(3,13-11-29)14-16-33-15-8-19(2)32/h6-7,17-18H,4-5,8-16H2,1-3H3,(H2,26,27)/q+1. The van der Waals surface area contributed by atoms with Gasteiger partial charge in [0, 0.05) is 35.6 Å². The summed E-state index contributed by atoms with van der Waals surface area (Å²) in [7, 11) is 2.30. The largest absolute Gasteiger partial charge is 0.382 e. The number of quaternary nitrogens is 1. The summed E-state index contributed by atoms with van der Waals surface area (Å²) in [6.07, 6.45) is 4.85. The van der Waals surface area contributed by atoms with Crippen LogP contribution in [-0.4, -0.2) is 78.0 Å². The van der Waals surface area contributed by atoms with E-state index in [0.29, 0.717) is 25.5 Å². The summed E-state index contributed by atoms with van der Waals surface area (Å²) in [4.78, 5) is 18.1. The lowest BCUT2D eigenvalue weighted by molar-refractivity contribution is -0.910. The van der Waals surface area contributed by atoms with Crippen LogP contribution >= 0.6 is 0 Å². The molecule has 4 rings (SSSR count). The SMILES string of the molecule is CCCCn1cc2c(n1)c(N)nc1ccc(N3CC[N+](C)(CCOCCC(C)=O)CC3)cc12. The van der Waals surface area contributed by atoms with Crippen LogP contribution in [0.25, 0.3) is 21.8 Å². The van der Waals surface area contributed by atoms with Gasteiger partial charge in [-0.05, 0) is 31.5 Å².